The summed E-state index contributed by atoms with van der Waals surface area (Å²) >= 11 is 4.34. The molecule has 0 unspecified atom stereocenters. The lowest BCUT2D eigenvalue weighted by molar-refractivity contribution is -0.125. The van der Waals surface area contributed by atoms with Crippen molar-refractivity contribution in [3.05, 3.63) is 70.8 Å². The topological polar surface area (TPSA) is 93.5 Å². The van der Waals surface area contributed by atoms with Crippen LogP contribution in [0, 0.1) is 17.7 Å². The van der Waals surface area contributed by atoms with Crippen LogP contribution >= 0.6 is 12.6 Å². The standard InChI is InChI=1S/C28H34FN3O4S/c1-5-24-25(14-30-26(33)20(16-37)12-17(2)3)32(28(31-24)36-4)15-19-11-10-18(13-23(19)29)21-8-6-7-9-22(21)27(34)35/h6-11,13,17,20,37H,5,12,14-16H2,1-4H3,(H,30,33)(H,34,35)/t20-/m1/s1. The predicted octanol–water partition coefficient (Wildman–Crippen LogP) is 5.22. The van der Waals surface area contributed by atoms with E-state index in [0.717, 1.165) is 17.8 Å². The number of aromatic nitrogens is 2. The Balaban J connectivity index is 1.90. The molecule has 2 aromatic carbocycles. The van der Waals surface area contributed by atoms with Gasteiger partial charge in [0.25, 0.3) is 6.01 Å². The fourth-order valence-corrected chi connectivity index (χ4v) is 4.71. The lowest BCUT2D eigenvalue weighted by atomic mass is 9.98. The van der Waals surface area contributed by atoms with Gasteiger partial charge in [-0.3, -0.25) is 9.36 Å². The zero-order chi connectivity index (χ0) is 27.1. The number of nitrogens with zero attached hydrogens (tertiary/aromatic N) is 2. The summed E-state index contributed by atoms with van der Waals surface area (Å²) in [7, 11) is 1.50. The second-order valence-corrected chi connectivity index (χ2v) is 9.68. The van der Waals surface area contributed by atoms with Gasteiger partial charge < -0.3 is 15.2 Å². The van der Waals surface area contributed by atoms with Gasteiger partial charge in [0.15, 0.2) is 0 Å². The predicted molar refractivity (Wildman–Crippen MR) is 145 cm³/mol. The number of imidazole rings is 1. The molecule has 37 heavy (non-hydrogen) atoms. The van der Waals surface area contributed by atoms with Gasteiger partial charge in [-0.15, -0.1) is 0 Å². The third kappa shape index (κ3) is 6.71. The summed E-state index contributed by atoms with van der Waals surface area (Å²) in [6.45, 7) is 6.46. The van der Waals surface area contributed by atoms with Gasteiger partial charge in [0.1, 0.15) is 5.82 Å². The Morgan fingerprint density at radius 1 is 1.22 bits per heavy atom. The van der Waals surface area contributed by atoms with Crippen molar-refractivity contribution in [2.24, 2.45) is 11.8 Å². The molecule has 0 radical (unpaired) electrons. The number of benzene rings is 2. The van der Waals surface area contributed by atoms with E-state index in [4.69, 9.17) is 4.74 Å². The van der Waals surface area contributed by atoms with Gasteiger partial charge >= 0.3 is 5.97 Å². The molecule has 0 aliphatic carbocycles. The summed E-state index contributed by atoms with van der Waals surface area (Å²) in [5.41, 5.74) is 2.91. The summed E-state index contributed by atoms with van der Waals surface area (Å²) in [5.74, 6) is -1.01. The SMILES string of the molecule is CCc1nc(OC)n(Cc2ccc(-c3ccccc3C(=O)O)cc2F)c1CNC(=O)[C@@H](CS)CC(C)C. The number of thiol groups is 1. The molecular weight excluding hydrogens is 493 g/mol. The van der Waals surface area contributed by atoms with E-state index < -0.39 is 11.8 Å². The number of halogens is 1. The van der Waals surface area contributed by atoms with Crippen molar-refractivity contribution < 1.29 is 23.8 Å². The number of carbonyl (C=O) groups is 2. The minimum absolute atomic E-state index is 0.0786. The average Bonchev–Trinajstić information content (AvgIpc) is 3.22. The van der Waals surface area contributed by atoms with E-state index in [2.05, 4.69) is 36.8 Å². The molecule has 0 aliphatic heterocycles. The van der Waals surface area contributed by atoms with Crippen LogP contribution in [-0.4, -0.2) is 39.4 Å². The van der Waals surface area contributed by atoms with Crippen molar-refractivity contribution in [3.8, 4) is 17.1 Å². The van der Waals surface area contributed by atoms with Crippen LogP contribution < -0.4 is 10.1 Å². The normalized spacial score (nSPS) is 12.0. The number of ether oxygens (including phenoxy) is 1. The van der Waals surface area contributed by atoms with Crippen molar-refractivity contribution in [1.29, 1.82) is 0 Å². The first-order chi connectivity index (χ1) is 17.7. The monoisotopic (exact) mass is 527 g/mol. The Morgan fingerprint density at radius 2 is 1.95 bits per heavy atom. The van der Waals surface area contributed by atoms with Crippen molar-refractivity contribution in [3.63, 3.8) is 0 Å². The first kappa shape index (κ1) is 28.2. The van der Waals surface area contributed by atoms with Gasteiger partial charge in [-0.25, -0.2) is 9.18 Å². The van der Waals surface area contributed by atoms with Crippen LogP contribution in [0.1, 0.15) is 54.5 Å². The average molecular weight is 528 g/mol. The number of carboxylic acid groups (broad SMARTS) is 1. The highest BCUT2D eigenvalue weighted by Crippen LogP contribution is 2.28. The van der Waals surface area contributed by atoms with Crippen LogP contribution in [0.4, 0.5) is 4.39 Å². The largest absolute Gasteiger partial charge is 0.478 e. The number of rotatable bonds is 12. The molecule has 7 nitrogen and oxygen atoms in total. The maximum absolute atomic E-state index is 15.3. The van der Waals surface area contributed by atoms with Crippen LogP contribution in [0.15, 0.2) is 42.5 Å². The van der Waals surface area contributed by atoms with Gasteiger partial charge in [0, 0.05) is 17.2 Å². The second-order valence-electron chi connectivity index (χ2n) is 9.32. The van der Waals surface area contributed by atoms with Crippen LogP contribution in [-0.2, 0) is 24.3 Å². The van der Waals surface area contributed by atoms with Gasteiger partial charge in [-0.2, -0.15) is 17.6 Å². The van der Waals surface area contributed by atoms with Crippen molar-refractivity contribution >= 4 is 24.5 Å². The van der Waals surface area contributed by atoms with Gasteiger partial charge in [0.05, 0.1) is 37.2 Å². The third-order valence-corrected chi connectivity index (χ3v) is 6.71. The van der Waals surface area contributed by atoms with E-state index in [1.165, 1.54) is 19.2 Å². The summed E-state index contributed by atoms with van der Waals surface area (Å²) in [6, 6.07) is 11.5. The van der Waals surface area contributed by atoms with Crippen LogP contribution in [0.2, 0.25) is 0 Å². The van der Waals surface area contributed by atoms with Crippen molar-refractivity contribution in [2.45, 2.75) is 46.7 Å². The molecule has 0 bridgehead atoms. The fourth-order valence-electron chi connectivity index (χ4n) is 4.39. The van der Waals surface area contributed by atoms with Crippen molar-refractivity contribution in [1.82, 2.24) is 14.9 Å². The van der Waals surface area contributed by atoms with Crippen LogP contribution in [0.25, 0.3) is 11.1 Å². The van der Waals surface area contributed by atoms with Gasteiger partial charge in [0.2, 0.25) is 5.91 Å². The van der Waals surface area contributed by atoms with E-state index in [9.17, 15) is 14.7 Å². The van der Waals surface area contributed by atoms with Crippen LogP contribution in [0.3, 0.4) is 0 Å². The number of nitrogens with one attached hydrogen (secondary N) is 1. The number of aromatic carboxylic acids is 1. The highest BCUT2D eigenvalue weighted by atomic mass is 32.1. The quantitative estimate of drug-likeness (QED) is 0.281. The Bertz CT molecular complexity index is 1260. The van der Waals surface area contributed by atoms with E-state index in [-0.39, 0.29) is 30.5 Å². The van der Waals surface area contributed by atoms with Gasteiger partial charge in [-0.1, -0.05) is 51.1 Å². The number of carboxylic acids is 1. The lowest BCUT2D eigenvalue weighted by Crippen LogP contribution is -2.33. The molecule has 0 spiro atoms. The second kappa shape index (κ2) is 12.8. The molecule has 1 heterocycles. The minimum Gasteiger partial charge on any atom is -0.478 e. The number of hydrogen-bond acceptors (Lipinski definition) is 5. The number of amides is 1. The molecule has 1 atom stereocenters. The molecule has 198 valence electrons. The number of aryl methyl sites for hydroxylation is 1. The maximum atomic E-state index is 15.3. The molecule has 1 aromatic heterocycles. The summed E-state index contributed by atoms with van der Waals surface area (Å²) < 4.78 is 22.5. The van der Waals surface area contributed by atoms with E-state index >= 15 is 4.39 Å². The fraction of sp³-hybridized carbons (Fsp3) is 0.393. The molecule has 0 aliphatic rings. The Kier molecular flexibility index (Phi) is 9.74. The highest BCUT2D eigenvalue weighted by molar-refractivity contribution is 7.80. The van der Waals surface area contributed by atoms with Crippen molar-refractivity contribution in [2.75, 3.05) is 12.9 Å². The van der Waals surface area contributed by atoms with E-state index in [0.29, 0.717) is 40.8 Å². The molecule has 0 saturated carbocycles. The first-order valence-corrected chi connectivity index (χ1v) is 12.9. The molecule has 0 saturated heterocycles. The Hall–Kier alpha value is -3.33. The number of carbonyl (C=O) groups excluding carboxylic acids is 1. The molecule has 3 aromatic rings. The van der Waals surface area contributed by atoms with Gasteiger partial charge in [-0.05, 0) is 42.0 Å². The maximum Gasteiger partial charge on any atom is 0.336 e. The highest BCUT2D eigenvalue weighted by Gasteiger charge is 2.22. The smallest absolute Gasteiger partial charge is 0.336 e. The zero-order valence-corrected chi connectivity index (χ0v) is 22.5. The molecule has 0 fully saturated rings. The number of methoxy groups -OCH3 is 1. The Labute approximate surface area is 222 Å². The lowest BCUT2D eigenvalue weighted by Gasteiger charge is -2.18. The Morgan fingerprint density at radius 3 is 2.54 bits per heavy atom. The summed E-state index contributed by atoms with van der Waals surface area (Å²) in [4.78, 5) is 29.0. The first-order valence-electron chi connectivity index (χ1n) is 12.3. The minimum atomic E-state index is -1.07. The third-order valence-electron chi connectivity index (χ3n) is 6.27. The summed E-state index contributed by atoms with van der Waals surface area (Å²) in [6.07, 6.45) is 1.35. The molecular formula is C28H34FN3O4S. The molecule has 9 heteroatoms. The molecule has 2 N–H and O–H groups in total. The number of hydrogen-bond donors (Lipinski definition) is 3. The zero-order valence-electron chi connectivity index (χ0n) is 21.6. The summed E-state index contributed by atoms with van der Waals surface area (Å²) in [5, 5.41) is 12.5. The van der Waals surface area contributed by atoms with Crippen LogP contribution in [0.5, 0.6) is 6.01 Å². The molecule has 1 amide bonds. The molecule has 3 rings (SSSR count). The van der Waals surface area contributed by atoms with E-state index in [1.807, 2.05) is 6.92 Å². The van der Waals surface area contributed by atoms with E-state index in [1.54, 1.807) is 34.9 Å².